The normalized spacial score (nSPS) is 30.0. The Morgan fingerprint density at radius 2 is 1.90 bits per heavy atom. The van der Waals surface area contributed by atoms with Gasteiger partial charge in [-0.1, -0.05) is 6.07 Å². The average molecular weight is 289 g/mol. The molecule has 2 fully saturated rings. The summed E-state index contributed by atoms with van der Waals surface area (Å²) in [5.41, 5.74) is 1.25. The maximum absolute atomic E-state index is 11.0. The minimum atomic E-state index is -0.614. The predicted molar refractivity (Wildman–Crippen MR) is 75.7 cm³/mol. The van der Waals surface area contributed by atoms with E-state index in [1.54, 1.807) is 0 Å². The molecule has 0 amide bonds. The van der Waals surface area contributed by atoms with Crippen LogP contribution in [0.25, 0.3) is 0 Å². The first-order valence-electron chi connectivity index (χ1n) is 7.56. The number of rotatable bonds is 4. The van der Waals surface area contributed by atoms with Gasteiger partial charge >= 0.3 is 5.97 Å². The largest absolute Gasteiger partial charge is 0.486 e. The second-order valence-electron chi connectivity index (χ2n) is 6.18. The highest BCUT2D eigenvalue weighted by atomic mass is 16.6. The van der Waals surface area contributed by atoms with Crippen molar-refractivity contribution in [3.8, 4) is 11.5 Å². The van der Waals surface area contributed by atoms with Crippen LogP contribution in [0.4, 0.5) is 0 Å². The third-order valence-corrected chi connectivity index (χ3v) is 4.88. The molecule has 1 saturated carbocycles. The Hall–Kier alpha value is -1.75. The molecule has 1 unspecified atom stereocenters. The van der Waals surface area contributed by atoms with Crippen LogP contribution in [-0.2, 0) is 11.2 Å². The lowest BCUT2D eigenvalue weighted by atomic mass is 10.1. The van der Waals surface area contributed by atoms with Crippen LogP contribution < -0.4 is 9.47 Å². The van der Waals surface area contributed by atoms with Crippen molar-refractivity contribution in [1.82, 2.24) is 4.90 Å². The van der Waals surface area contributed by atoms with Gasteiger partial charge in [0.1, 0.15) is 13.2 Å². The number of piperidine rings is 1. The molecule has 0 radical (unpaired) electrons. The summed E-state index contributed by atoms with van der Waals surface area (Å²) in [4.78, 5) is 13.3. The zero-order valence-corrected chi connectivity index (χ0v) is 11.8. The lowest BCUT2D eigenvalue weighted by molar-refractivity contribution is -0.139. The number of likely N-dealkylation sites (tertiary alicyclic amines) is 1. The molecule has 3 aliphatic rings. The number of nitrogens with zero attached hydrogens (tertiary/aromatic N) is 1. The Bertz CT molecular complexity index is 561. The molecule has 112 valence electrons. The highest BCUT2D eigenvalue weighted by molar-refractivity contribution is 5.74. The van der Waals surface area contributed by atoms with Crippen molar-refractivity contribution in [2.24, 2.45) is 17.8 Å². The highest BCUT2D eigenvalue weighted by Gasteiger charge is 2.59. The zero-order valence-electron chi connectivity index (χ0n) is 11.8. The summed E-state index contributed by atoms with van der Waals surface area (Å²) in [6.07, 6.45) is 0.966. The Labute approximate surface area is 123 Å². The van der Waals surface area contributed by atoms with Crippen LogP contribution in [0.3, 0.4) is 0 Å². The first-order valence-corrected chi connectivity index (χ1v) is 7.56. The van der Waals surface area contributed by atoms with E-state index in [4.69, 9.17) is 14.6 Å². The van der Waals surface area contributed by atoms with Crippen molar-refractivity contribution in [1.29, 1.82) is 0 Å². The lowest BCUT2D eigenvalue weighted by Crippen LogP contribution is -2.28. The van der Waals surface area contributed by atoms with E-state index in [1.165, 1.54) is 5.56 Å². The molecule has 0 aromatic heterocycles. The molecule has 2 aliphatic heterocycles. The van der Waals surface area contributed by atoms with E-state index in [9.17, 15) is 4.79 Å². The van der Waals surface area contributed by atoms with Crippen molar-refractivity contribution in [2.75, 3.05) is 32.8 Å². The fraction of sp³-hybridized carbons (Fsp3) is 0.562. The van der Waals surface area contributed by atoms with Gasteiger partial charge in [0, 0.05) is 19.6 Å². The topological polar surface area (TPSA) is 59.0 Å². The van der Waals surface area contributed by atoms with Gasteiger partial charge in [0.25, 0.3) is 0 Å². The standard InChI is InChI=1S/C16H19NO4/c18-16(19)15-11-8-17(9-12(11)15)4-3-10-1-2-13-14(7-10)21-6-5-20-13/h1-2,7,11-12,15H,3-6,8-9H2,(H,18,19)/t11-,12+,15?. The minimum absolute atomic E-state index is 0.0736. The van der Waals surface area contributed by atoms with Crippen LogP contribution in [0.15, 0.2) is 18.2 Å². The monoisotopic (exact) mass is 289 g/mol. The van der Waals surface area contributed by atoms with E-state index in [2.05, 4.69) is 17.0 Å². The molecule has 1 N–H and O–H groups in total. The first-order chi connectivity index (χ1) is 10.2. The van der Waals surface area contributed by atoms with E-state index < -0.39 is 5.97 Å². The summed E-state index contributed by atoms with van der Waals surface area (Å²) in [6.45, 7) is 4.09. The smallest absolute Gasteiger partial charge is 0.307 e. The van der Waals surface area contributed by atoms with Gasteiger partial charge < -0.3 is 19.5 Å². The van der Waals surface area contributed by atoms with Gasteiger partial charge in [0.2, 0.25) is 0 Å². The summed E-state index contributed by atoms with van der Waals surface area (Å²) in [5.74, 6) is 1.77. The number of ether oxygens (including phenoxy) is 2. The Morgan fingerprint density at radius 1 is 1.19 bits per heavy atom. The van der Waals surface area contributed by atoms with Gasteiger partial charge in [-0.15, -0.1) is 0 Å². The van der Waals surface area contributed by atoms with Gasteiger partial charge in [-0.25, -0.2) is 0 Å². The number of benzene rings is 1. The van der Waals surface area contributed by atoms with Gasteiger partial charge in [0.05, 0.1) is 5.92 Å². The highest BCUT2D eigenvalue weighted by Crippen LogP contribution is 2.51. The van der Waals surface area contributed by atoms with Crippen molar-refractivity contribution < 1.29 is 19.4 Å². The van der Waals surface area contributed by atoms with Crippen LogP contribution in [0.5, 0.6) is 11.5 Å². The van der Waals surface area contributed by atoms with Crippen molar-refractivity contribution in [3.63, 3.8) is 0 Å². The van der Waals surface area contributed by atoms with Gasteiger partial charge in [-0.3, -0.25) is 4.79 Å². The van der Waals surface area contributed by atoms with E-state index in [0.29, 0.717) is 25.0 Å². The van der Waals surface area contributed by atoms with Crippen LogP contribution in [0.1, 0.15) is 5.56 Å². The van der Waals surface area contributed by atoms with Crippen LogP contribution in [0, 0.1) is 17.8 Å². The summed E-state index contributed by atoms with van der Waals surface area (Å²) < 4.78 is 11.1. The molecular formula is C16H19NO4. The third kappa shape index (κ3) is 2.35. The third-order valence-electron chi connectivity index (χ3n) is 4.88. The van der Waals surface area contributed by atoms with Gasteiger partial charge in [-0.2, -0.15) is 0 Å². The van der Waals surface area contributed by atoms with E-state index in [1.807, 2.05) is 6.07 Å². The van der Waals surface area contributed by atoms with Crippen LogP contribution in [0.2, 0.25) is 0 Å². The second-order valence-corrected chi connectivity index (χ2v) is 6.18. The molecule has 1 saturated heterocycles. The molecule has 5 nitrogen and oxygen atoms in total. The predicted octanol–water partition coefficient (Wildman–Crippen LogP) is 1.26. The molecule has 0 spiro atoms. The van der Waals surface area contributed by atoms with Crippen LogP contribution in [-0.4, -0.2) is 48.8 Å². The maximum atomic E-state index is 11.0. The summed E-state index contributed by atoms with van der Waals surface area (Å²) in [7, 11) is 0. The molecule has 5 heteroatoms. The molecule has 1 aromatic carbocycles. The molecule has 0 bridgehead atoms. The Balaban J connectivity index is 1.31. The number of hydrogen-bond donors (Lipinski definition) is 1. The summed E-state index contributed by atoms with van der Waals surface area (Å²) >= 11 is 0. The van der Waals surface area contributed by atoms with Crippen molar-refractivity contribution in [2.45, 2.75) is 6.42 Å². The fourth-order valence-corrected chi connectivity index (χ4v) is 3.69. The fourth-order valence-electron chi connectivity index (χ4n) is 3.69. The molecule has 4 rings (SSSR count). The van der Waals surface area contributed by atoms with E-state index >= 15 is 0 Å². The van der Waals surface area contributed by atoms with E-state index in [0.717, 1.165) is 37.6 Å². The summed E-state index contributed by atoms with van der Waals surface area (Å²) in [6, 6.07) is 6.13. The molecule has 1 aliphatic carbocycles. The molecule has 3 atom stereocenters. The average Bonchev–Trinajstić information content (AvgIpc) is 3.02. The number of carbonyl (C=O) groups is 1. The number of carboxylic acids is 1. The number of aliphatic carboxylic acids is 1. The minimum Gasteiger partial charge on any atom is -0.486 e. The summed E-state index contributed by atoms with van der Waals surface area (Å²) in [5, 5.41) is 9.02. The number of hydrogen-bond acceptors (Lipinski definition) is 4. The first kappa shape index (κ1) is 13.0. The number of carboxylic acid groups (broad SMARTS) is 1. The van der Waals surface area contributed by atoms with Crippen molar-refractivity contribution in [3.05, 3.63) is 23.8 Å². The SMILES string of the molecule is O=C(O)C1[C@H]2CN(CCc3ccc4c(c3)OCCO4)C[C@@H]12. The number of fused-ring (bicyclic) bond motifs is 2. The Morgan fingerprint density at radius 3 is 2.62 bits per heavy atom. The molecular weight excluding hydrogens is 270 g/mol. The quantitative estimate of drug-likeness (QED) is 0.904. The van der Waals surface area contributed by atoms with Crippen LogP contribution >= 0.6 is 0 Å². The second kappa shape index (κ2) is 4.91. The van der Waals surface area contributed by atoms with Crippen molar-refractivity contribution >= 4 is 5.97 Å². The maximum Gasteiger partial charge on any atom is 0.307 e. The molecule has 1 aromatic rings. The lowest BCUT2D eigenvalue weighted by Gasteiger charge is -2.21. The van der Waals surface area contributed by atoms with E-state index in [-0.39, 0.29) is 5.92 Å². The van der Waals surface area contributed by atoms with Gasteiger partial charge in [0.15, 0.2) is 11.5 Å². The Kier molecular flexibility index (Phi) is 3.03. The molecule has 21 heavy (non-hydrogen) atoms. The van der Waals surface area contributed by atoms with Gasteiger partial charge in [-0.05, 0) is 36.0 Å². The molecule has 2 heterocycles. The zero-order chi connectivity index (χ0) is 14.4.